The van der Waals surface area contributed by atoms with Crippen LogP contribution in [0, 0.1) is 5.41 Å². The summed E-state index contributed by atoms with van der Waals surface area (Å²) in [6.45, 7) is 4.71. The second-order valence-corrected chi connectivity index (χ2v) is 4.98. The van der Waals surface area contributed by atoms with Gasteiger partial charge in [-0.25, -0.2) is 0 Å². The number of aliphatic carboxylic acids is 1. The van der Waals surface area contributed by atoms with E-state index in [2.05, 4.69) is 0 Å². The fourth-order valence-electron chi connectivity index (χ4n) is 2.28. The largest absolute Gasteiger partial charge is 0.481 e. The highest BCUT2D eigenvalue weighted by molar-refractivity contribution is 6.19. The number of carbonyl (C=O) groups is 3. The van der Waals surface area contributed by atoms with Crippen molar-refractivity contribution < 1.29 is 24.2 Å². The van der Waals surface area contributed by atoms with Gasteiger partial charge in [-0.1, -0.05) is 0 Å². The molecule has 2 rings (SSSR count). The zero-order valence-corrected chi connectivity index (χ0v) is 10.5. The second-order valence-electron chi connectivity index (χ2n) is 4.98. The van der Waals surface area contributed by atoms with Crippen LogP contribution in [0.25, 0.3) is 0 Å². The van der Waals surface area contributed by atoms with Crippen LogP contribution in [0.1, 0.15) is 20.8 Å². The van der Waals surface area contributed by atoms with Crippen molar-refractivity contribution in [2.24, 2.45) is 5.41 Å². The Morgan fingerprint density at radius 3 is 2.28 bits per heavy atom. The minimum absolute atomic E-state index is 0.00214. The lowest BCUT2D eigenvalue weighted by atomic mass is 9.84. The van der Waals surface area contributed by atoms with Crippen LogP contribution in [-0.4, -0.2) is 47.0 Å². The third-order valence-electron chi connectivity index (χ3n) is 3.86. The van der Waals surface area contributed by atoms with Gasteiger partial charge in [-0.3, -0.25) is 19.3 Å². The molecular formula is C12H15NO5. The van der Waals surface area contributed by atoms with Crippen molar-refractivity contribution in [2.45, 2.75) is 26.8 Å². The van der Waals surface area contributed by atoms with E-state index in [0.29, 0.717) is 11.1 Å². The maximum absolute atomic E-state index is 12.0. The van der Waals surface area contributed by atoms with E-state index in [4.69, 9.17) is 4.74 Å². The molecule has 0 saturated carbocycles. The van der Waals surface area contributed by atoms with Gasteiger partial charge in [0.1, 0.15) is 5.41 Å². The summed E-state index contributed by atoms with van der Waals surface area (Å²) in [6, 6.07) is -0.748. The van der Waals surface area contributed by atoms with E-state index in [1.54, 1.807) is 13.8 Å². The zero-order chi connectivity index (χ0) is 13.7. The van der Waals surface area contributed by atoms with Crippen LogP contribution in [0.3, 0.4) is 0 Å². The summed E-state index contributed by atoms with van der Waals surface area (Å²) in [5.41, 5.74) is -0.491. The minimum Gasteiger partial charge on any atom is -0.481 e. The minimum atomic E-state index is -1.24. The van der Waals surface area contributed by atoms with Crippen molar-refractivity contribution in [1.29, 1.82) is 0 Å². The summed E-state index contributed by atoms with van der Waals surface area (Å²) in [5, 5.41) is 9.26. The fraction of sp³-hybridized carbons (Fsp3) is 0.583. The van der Waals surface area contributed by atoms with Crippen molar-refractivity contribution in [3.63, 3.8) is 0 Å². The predicted molar refractivity (Wildman–Crippen MR) is 60.6 cm³/mol. The standard InChI is InChI=1S/C12H15NO5/c1-6-7(2)10(15)13(9(6)14)8-4-18-5-12(8,3)11(16)17/h8H,4-5H2,1-3H3,(H,16,17). The molecule has 1 N–H and O–H groups in total. The number of hydrogen-bond donors (Lipinski definition) is 1. The van der Waals surface area contributed by atoms with Gasteiger partial charge >= 0.3 is 5.97 Å². The molecule has 2 aliphatic rings. The van der Waals surface area contributed by atoms with Gasteiger partial charge in [0, 0.05) is 11.1 Å². The average Bonchev–Trinajstić information content (AvgIpc) is 2.77. The lowest BCUT2D eigenvalue weighted by Gasteiger charge is -2.31. The molecule has 0 spiro atoms. The number of nitrogens with zero attached hydrogens (tertiary/aromatic N) is 1. The molecule has 0 bridgehead atoms. The molecule has 0 aromatic heterocycles. The van der Waals surface area contributed by atoms with Crippen LogP contribution in [0.15, 0.2) is 11.1 Å². The van der Waals surface area contributed by atoms with Crippen LogP contribution < -0.4 is 0 Å². The summed E-state index contributed by atoms with van der Waals surface area (Å²) in [6.07, 6.45) is 0. The van der Waals surface area contributed by atoms with Crippen molar-refractivity contribution >= 4 is 17.8 Å². The Morgan fingerprint density at radius 2 is 1.83 bits per heavy atom. The van der Waals surface area contributed by atoms with E-state index < -0.39 is 29.2 Å². The molecule has 2 atom stereocenters. The maximum atomic E-state index is 12.0. The number of carbonyl (C=O) groups excluding carboxylic acids is 2. The average molecular weight is 253 g/mol. The third-order valence-corrected chi connectivity index (χ3v) is 3.86. The molecule has 1 saturated heterocycles. The van der Waals surface area contributed by atoms with Crippen molar-refractivity contribution in [2.75, 3.05) is 13.2 Å². The molecule has 98 valence electrons. The Morgan fingerprint density at radius 1 is 1.33 bits per heavy atom. The molecule has 18 heavy (non-hydrogen) atoms. The predicted octanol–water partition coefficient (Wildman–Crippen LogP) is 0.181. The molecular weight excluding hydrogens is 238 g/mol. The Balaban J connectivity index is 2.37. The highest BCUT2D eigenvalue weighted by Gasteiger charge is 2.54. The highest BCUT2D eigenvalue weighted by atomic mass is 16.5. The van der Waals surface area contributed by atoms with E-state index in [1.165, 1.54) is 6.92 Å². The lowest BCUT2D eigenvalue weighted by molar-refractivity contribution is -0.153. The summed E-state index contributed by atoms with van der Waals surface area (Å²) in [7, 11) is 0. The topological polar surface area (TPSA) is 83.9 Å². The van der Waals surface area contributed by atoms with Gasteiger partial charge < -0.3 is 9.84 Å². The lowest BCUT2D eigenvalue weighted by Crippen LogP contribution is -2.52. The molecule has 0 aromatic rings. The number of imide groups is 1. The first-order valence-corrected chi connectivity index (χ1v) is 5.67. The fourth-order valence-corrected chi connectivity index (χ4v) is 2.28. The maximum Gasteiger partial charge on any atom is 0.313 e. The molecule has 2 amide bonds. The molecule has 6 heteroatoms. The molecule has 0 radical (unpaired) electrons. The molecule has 0 aliphatic carbocycles. The van der Waals surface area contributed by atoms with Gasteiger partial charge in [0.2, 0.25) is 0 Å². The molecule has 6 nitrogen and oxygen atoms in total. The van der Waals surface area contributed by atoms with Crippen molar-refractivity contribution in [3.05, 3.63) is 11.1 Å². The Hall–Kier alpha value is -1.69. The number of ether oxygens (including phenoxy) is 1. The quantitative estimate of drug-likeness (QED) is 0.710. The first kappa shape index (κ1) is 12.8. The summed E-state index contributed by atoms with van der Waals surface area (Å²) >= 11 is 0. The van der Waals surface area contributed by atoms with Crippen LogP contribution in [-0.2, 0) is 19.1 Å². The third kappa shape index (κ3) is 1.49. The van der Waals surface area contributed by atoms with Crippen molar-refractivity contribution in [1.82, 2.24) is 4.90 Å². The Bertz CT molecular complexity index is 457. The van der Waals surface area contributed by atoms with E-state index >= 15 is 0 Å². The van der Waals surface area contributed by atoms with Crippen LogP contribution in [0.2, 0.25) is 0 Å². The van der Waals surface area contributed by atoms with Crippen LogP contribution in [0.5, 0.6) is 0 Å². The number of hydrogen-bond acceptors (Lipinski definition) is 4. The molecule has 2 heterocycles. The normalized spacial score (nSPS) is 32.6. The molecule has 2 unspecified atom stereocenters. The van der Waals surface area contributed by atoms with E-state index in [1.807, 2.05) is 0 Å². The number of carboxylic acid groups (broad SMARTS) is 1. The highest BCUT2D eigenvalue weighted by Crippen LogP contribution is 2.36. The van der Waals surface area contributed by atoms with Gasteiger partial charge in [0.25, 0.3) is 11.8 Å². The zero-order valence-electron chi connectivity index (χ0n) is 10.5. The second kappa shape index (κ2) is 3.91. The SMILES string of the molecule is CC1=C(C)C(=O)N(C2COCC2(C)C(=O)O)C1=O. The smallest absolute Gasteiger partial charge is 0.313 e. The van der Waals surface area contributed by atoms with Crippen LogP contribution >= 0.6 is 0 Å². The van der Waals surface area contributed by atoms with E-state index in [0.717, 1.165) is 4.90 Å². The monoisotopic (exact) mass is 253 g/mol. The Labute approximate surface area is 104 Å². The number of amides is 2. The molecule has 0 aromatic carbocycles. The molecule has 1 fully saturated rings. The summed E-state index contributed by atoms with van der Waals surface area (Å²) < 4.78 is 5.17. The van der Waals surface area contributed by atoms with Crippen molar-refractivity contribution in [3.8, 4) is 0 Å². The van der Waals surface area contributed by atoms with Gasteiger partial charge in [-0.2, -0.15) is 0 Å². The van der Waals surface area contributed by atoms with E-state index in [-0.39, 0.29) is 13.2 Å². The summed E-state index contributed by atoms with van der Waals surface area (Å²) in [5.74, 6) is -1.89. The van der Waals surface area contributed by atoms with Gasteiger partial charge in [0.15, 0.2) is 0 Å². The van der Waals surface area contributed by atoms with Gasteiger partial charge in [-0.15, -0.1) is 0 Å². The van der Waals surface area contributed by atoms with Gasteiger partial charge in [-0.05, 0) is 20.8 Å². The Kier molecular flexibility index (Phi) is 2.77. The number of rotatable bonds is 2. The van der Waals surface area contributed by atoms with E-state index in [9.17, 15) is 19.5 Å². The number of carboxylic acids is 1. The first-order valence-electron chi connectivity index (χ1n) is 5.67. The molecule has 2 aliphatic heterocycles. The first-order chi connectivity index (χ1) is 8.30. The van der Waals surface area contributed by atoms with Gasteiger partial charge in [0.05, 0.1) is 19.3 Å². The summed E-state index contributed by atoms with van der Waals surface area (Å²) in [4.78, 5) is 36.4. The van der Waals surface area contributed by atoms with Crippen LogP contribution in [0.4, 0.5) is 0 Å².